The van der Waals surface area contributed by atoms with Gasteiger partial charge in [0, 0.05) is 19.6 Å². The number of hydrogen-bond acceptors (Lipinski definition) is 3. The van der Waals surface area contributed by atoms with E-state index in [1.807, 2.05) is 0 Å². The Kier molecular flexibility index (Phi) is 5.61. The summed E-state index contributed by atoms with van der Waals surface area (Å²) in [4.78, 5) is 10.4. The Morgan fingerprint density at radius 1 is 1.50 bits per heavy atom. The van der Waals surface area contributed by atoms with Gasteiger partial charge in [0.25, 0.3) is 10.2 Å². The molecule has 2 N–H and O–H groups in total. The lowest BCUT2D eigenvalue weighted by Gasteiger charge is -2.20. The topological polar surface area (TPSA) is 86.7 Å². The van der Waals surface area contributed by atoms with Crippen LogP contribution in [0.4, 0.5) is 4.39 Å². The van der Waals surface area contributed by atoms with Crippen molar-refractivity contribution in [3.63, 3.8) is 0 Å². The van der Waals surface area contributed by atoms with Crippen molar-refractivity contribution in [2.45, 2.75) is 19.4 Å². The molecule has 0 aromatic heterocycles. The first-order valence-electron chi connectivity index (χ1n) is 5.93. The van der Waals surface area contributed by atoms with Crippen LogP contribution in [-0.2, 0) is 15.0 Å². The number of aliphatic carboxylic acids is 1. The van der Waals surface area contributed by atoms with Crippen molar-refractivity contribution in [1.29, 1.82) is 0 Å². The van der Waals surface area contributed by atoms with Gasteiger partial charge < -0.3 is 5.11 Å². The van der Waals surface area contributed by atoms with Crippen molar-refractivity contribution >= 4 is 16.2 Å². The van der Waals surface area contributed by atoms with Crippen LogP contribution in [0.3, 0.4) is 0 Å². The van der Waals surface area contributed by atoms with E-state index in [0.717, 1.165) is 4.31 Å². The van der Waals surface area contributed by atoms with E-state index in [1.54, 1.807) is 13.0 Å². The van der Waals surface area contributed by atoms with E-state index >= 15 is 0 Å². The van der Waals surface area contributed by atoms with Gasteiger partial charge in [0.2, 0.25) is 0 Å². The number of nitrogens with zero attached hydrogens (tertiary/aromatic N) is 1. The van der Waals surface area contributed by atoms with Gasteiger partial charge in [-0.15, -0.1) is 0 Å². The second kappa shape index (κ2) is 6.78. The van der Waals surface area contributed by atoms with E-state index in [0.29, 0.717) is 5.56 Å². The van der Waals surface area contributed by atoms with Gasteiger partial charge in [-0.1, -0.05) is 12.1 Å². The number of nitrogens with one attached hydrogen (secondary N) is 1. The van der Waals surface area contributed by atoms with Crippen LogP contribution >= 0.6 is 0 Å². The number of benzene rings is 1. The zero-order chi connectivity index (χ0) is 15.3. The first kappa shape index (κ1) is 16.5. The fourth-order valence-electron chi connectivity index (χ4n) is 1.53. The number of halogens is 1. The normalized spacial score (nSPS) is 13.4. The summed E-state index contributed by atoms with van der Waals surface area (Å²) in [7, 11) is -2.54. The van der Waals surface area contributed by atoms with Gasteiger partial charge in [0.1, 0.15) is 5.82 Å². The van der Waals surface area contributed by atoms with E-state index in [-0.39, 0.29) is 13.0 Å². The Labute approximate surface area is 117 Å². The quantitative estimate of drug-likeness (QED) is 0.790. The summed E-state index contributed by atoms with van der Waals surface area (Å²) in [6.07, 6.45) is -0.286. The predicted molar refractivity (Wildman–Crippen MR) is 71.8 cm³/mol. The van der Waals surface area contributed by atoms with Crippen molar-refractivity contribution in [3.05, 3.63) is 35.6 Å². The lowest BCUT2D eigenvalue weighted by molar-refractivity contribution is -0.137. The molecule has 112 valence electrons. The SMILES string of the molecule is C[C@H](NS(=O)(=O)N(C)CCC(=O)O)c1cccc(F)c1. The molecule has 0 radical (unpaired) electrons. The predicted octanol–water partition coefficient (Wildman–Crippen LogP) is 1.13. The summed E-state index contributed by atoms with van der Waals surface area (Å²) in [6, 6.07) is 4.98. The molecule has 0 amide bonds. The number of carbonyl (C=O) groups is 1. The molecule has 0 bridgehead atoms. The van der Waals surface area contributed by atoms with E-state index in [2.05, 4.69) is 4.72 Å². The molecule has 1 aromatic rings. The molecular weight excluding hydrogens is 287 g/mol. The van der Waals surface area contributed by atoms with Crippen molar-refractivity contribution in [3.8, 4) is 0 Å². The van der Waals surface area contributed by atoms with Crippen molar-refractivity contribution < 1.29 is 22.7 Å². The molecule has 8 heteroatoms. The van der Waals surface area contributed by atoms with E-state index in [4.69, 9.17) is 5.11 Å². The number of hydrogen-bond donors (Lipinski definition) is 2. The number of rotatable bonds is 7. The lowest BCUT2D eigenvalue weighted by atomic mass is 10.1. The highest BCUT2D eigenvalue weighted by molar-refractivity contribution is 7.87. The van der Waals surface area contributed by atoms with Gasteiger partial charge in [-0.05, 0) is 24.6 Å². The highest BCUT2D eigenvalue weighted by Crippen LogP contribution is 2.15. The summed E-state index contributed by atoms with van der Waals surface area (Å²) in [5.74, 6) is -1.53. The van der Waals surface area contributed by atoms with Crippen LogP contribution in [0.25, 0.3) is 0 Å². The third kappa shape index (κ3) is 4.87. The maximum atomic E-state index is 13.1. The van der Waals surface area contributed by atoms with Gasteiger partial charge in [-0.2, -0.15) is 17.4 Å². The highest BCUT2D eigenvalue weighted by Gasteiger charge is 2.21. The third-order valence-corrected chi connectivity index (χ3v) is 4.38. The average molecular weight is 304 g/mol. The maximum absolute atomic E-state index is 13.1. The largest absolute Gasteiger partial charge is 0.481 e. The van der Waals surface area contributed by atoms with E-state index < -0.39 is 28.0 Å². The van der Waals surface area contributed by atoms with Crippen LogP contribution in [0.2, 0.25) is 0 Å². The first-order valence-corrected chi connectivity index (χ1v) is 7.37. The number of carboxylic acid groups (broad SMARTS) is 1. The van der Waals surface area contributed by atoms with Crippen LogP contribution in [-0.4, -0.2) is 37.4 Å². The maximum Gasteiger partial charge on any atom is 0.304 e. The Hall–Kier alpha value is -1.51. The molecule has 0 saturated carbocycles. The molecule has 0 saturated heterocycles. The van der Waals surface area contributed by atoms with Crippen LogP contribution in [0.1, 0.15) is 24.9 Å². The minimum Gasteiger partial charge on any atom is -0.481 e. The molecule has 6 nitrogen and oxygen atoms in total. The molecule has 0 spiro atoms. The van der Waals surface area contributed by atoms with Crippen LogP contribution < -0.4 is 4.72 Å². The second-order valence-corrected chi connectivity index (χ2v) is 6.17. The minimum absolute atomic E-state index is 0.138. The molecule has 0 aliphatic rings. The van der Waals surface area contributed by atoms with E-state index in [1.165, 1.54) is 25.2 Å². The molecule has 20 heavy (non-hydrogen) atoms. The Balaban J connectivity index is 2.72. The fourth-order valence-corrected chi connectivity index (χ4v) is 2.63. The minimum atomic E-state index is -3.82. The smallest absolute Gasteiger partial charge is 0.304 e. The monoisotopic (exact) mass is 304 g/mol. The van der Waals surface area contributed by atoms with Crippen molar-refractivity contribution in [1.82, 2.24) is 9.03 Å². The molecule has 1 atom stereocenters. The molecule has 0 heterocycles. The molecule has 1 rings (SSSR count). The Morgan fingerprint density at radius 3 is 2.70 bits per heavy atom. The standard InChI is InChI=1S/C12H17FN2O4S/c1-9(10-4-3-5-11(13)8-10)14-20(18,19)15(2)7-6-12(16)17/h3-5,8-9,14H,6-7H2,1-2H3,(H,16,17)/t9-/m0/s1. The lowest BCUT2D eigenvalue weighted by Crippen LogP contribution is -2.40. The summed E-state index contributed by atoms with van der Waals surface area (Å²) in [5.41, 5.74) is 0.486. The summed E-state index contributed by atoms with van der Waals surface area (Å²) in [6.45, 7) is 1.44. The van der Waals surface area contributed by atoms with Crippen LogP contribution in [0.5, 0.6) is 0 Å². The fraction of sp³-hybridized carbons (Fsp3) is 0.417. The second-order valence-electron chi connectivity index (χ2n) is 4.36. The number of carboxylic acids is 1. The average Bonchev–Trinajstić information content (AvgIpc) is 2.35. The molecule has 0 aliphatic carbocycles. The van der Waals surface area contributed by atoms with Crippen molar-refractivity contribution in [2.75, 3.05) is 13.6 Å². The Bertz CT molecular complexity index is 577. The van der Waals surface area contributed by atoms with Gasteiger partial charge in [-0.3, -0.25) is 4.79 Å². The van der Waals surface area contributed by atoms with E-state index in [9.17, 15) is 17.6 Å². The van der Waals surface area contributed by atoms with Gasteiger partial charge in [-0.25, -0.2) is 4.39 Å². The third-order valence-electron chi connectivity index (χ3n) is 2.73. The molecule has 0 unspecified atom stereocenters. The Morgan fingerprint density at radius 2 is 2.15 bits per heavy atom. The van der Waals surface area contributed by atoms with Gasteiger partial charge in [0.05, 0.1) is 6.42 Å². The molecular formula is C12H17FN2O4S. The summed E-state index contributed by atoms with van der Waals surface area (Å²) >= 11 is 0. The van der Waals surface area contributed by atoms with Gasteiger partial charge >= 0.3 is 5.97 Å². The zero-order valence-electron chi connectivity index (χ0n) is 11.2. The van der Waals surface area contributed by atoms with Gasteiger partial charge in [0.15, 0.2) is 0 Å². The molecule has 0 aliphatic heterocycles. The van der Waals surface area contributed by atoms with Crippen LogP contribution in [0, 0.1) is 5.82 Å². The van der Waals surface area contributed by atoms with Crippen molar-refractivity contribution in [2.24, 2.45) is 0 Å². The zero-order valence-corrected chi connectivity index (χ0v) is 12.0. The molecule has 1 aromatic carbocycles. The first-order chi connectivity index (χ1) is 9.22. The molecule has 0 fully saturated rings. The summed E-state index contributed by atoms with van der Waals surface area (Å²) in [5, 5.41) is 8.53. The highest BCUT2D eigenvalue weighted by atomic mass is 32.2. The van der Waals surface area contributed by atoms with Crippen LogP contribution in [0.15, 0.2) is 24.3 Å². The summed E-state index contributed by atoms with van der Waals surface area (Å²) < 4.78 is 40.2.